The first kappa shape index (κ1) is 11.7. The minimum Gasteiger partial charge on any atom is -0.451 e. The first-order valence-corrected chi connectivity index (χ1v) is 6.33. The van der Waals surface area contributed by atoms with Gasteiger partial charge in [0.15, 0.2) is 4.67 Å². The first-order valence-electron chi connectivity index (χ1n) is 4.75. The predicted molar refractivity (Wildman–Crippen MR) is 70.4 cm³/mol. The summed E-state index contributed by atoms with van der Waals surface area (Å²) >= 11 is 6.68. The topological polar surface area (TPSA) is 38.1 Å². The lowest BCUT2D eigenvalue weighted by molar-refractivity contribution is 0.494. The molecule has 0 unspecified atom stereocenters. The van der Waals surface area contributed by atoms with E-state index in [0.29, 0.717) is 11.2 Å². The van der Waals surface area contributed by atoms with Gasteiger partial charge in [0.1, 0.15) is 5.76 Å². The van der Waals surface area contributed by atoms with Gasteiger partial charge in [-0.3, -0.25) is 4.98 Å². The molecule has 84 valence electrons. The Kier molecular flexibility index (Phi) is 3.66. The van der Waals surface area contributed by atoms with E-state index >= 15 is 0 Å². The Morgan fingerprint density at radius 3 is 2.88 bits per heavy atom. The third kappa shape index (κ3) is 2.65. The van der Waals surface area contributed by atoms with E-state index in [9.17, 15) is 0 Å². The summed E-state index contributed by atoms with van der Waals surface area (Å²) in [6.07, 6.45) is 3.59. The summed E-state index contributed by atoms with van der Waals surface area (Å²) in [6.45, 7) is 2.68. The third-order valence-electron chi connectivity index (χ3n) is 2.19. The van der Waals surface area contributed by atoms with E-state index in [1.807, 2.05) is 25.3 Å². The van der Waals surface area contributed by atoms with Crippen LogP contribution >= 0.6 is 31.9 Å². The average Bonchev–Trinajstić information content (AvgIpc) is 2.57. The summed E-state index contributed by atoms with van der Waals surface area (Å²) in [7, 11) is 0. The van der Waals surface area contributed by atoms with Crippen LogP contribution in [0.3, 0.4) is 0 Å². The number of hydrogen-bond donors (Lipinski definition) is 1. The Morgan fingerprint density at radius 1 is 1.44 bits per heavy atom. The molecule has 16 heavy (non-hydrogen) atoms. The molecular formula is C11H10Br2N2O. The molecule has 2 heterocycles. The highest BCUT2D eigenvalue weighted by Gasteiger charge is 2.06. The van der Waals surface area contributed by atoms with Crippen molar-refractivity contribution >= 4 is 37.5 Å². The van der Waals surface area contributed by atoms with Crippen LogP contribution in [0.1, 0.15) is 11.3 Å². The van der Waals surface area contributed by atoms with E-state index < -0.39 is 0 Å². The van der Waals surface area contributed by atoms with E-state index in [1.54, 1.807) is 6.20 Å². The highest BCUT2D eigenvalue weighted by atomic mass is 79.9. The molecule has 1 N–H and O–H groups in total. The smallest absolute Gasteiger partial charge is 0.183 e. The van der Waals surface area contributed by atoms with Crippen LogP contribution in [0.4, 0.5) is 5.69 Å². The molecule has 0 spiro atoms. The molecule has 0 bridgehead atoms. The van der Waals surface area contributed by atoms with Crippen molar-refractivity contribution in [2.45, 2.75) is 13.5 Å². The zero-order valence-corrected chi connectivity index (χ0v) is 11.8. The molecular weight excluding hydrogens is 336 g/mol. The molecule has 0 aliphatic carbocycles. The molecule has 0 atom stereocenters. The fraction of sp³-hybridized carbons (Fsp3) is 0.182. The molecule has 0 saturated heterocycles. The van der Waals surface area contributed by atoms with Crippen LogP contribution in [-0.4, -0.2) is 4.98 Å². The van der Waals surface area contributed by atoms with E-state index in [0.717, 1.165) is 15.9 Å². The number of pyridine rings is 1. The van der Waals surface area contributed by atoms with Crippen LogP contribution < -0.4 is 5.32 Å². The van der Waals surface area contributed by atoms with Gasteiger partial charge in [0.2, 0.25) is 0 Å². The van der Waals surface area contributed by atoms with Crippen LogP contribution in [0.2, 0.25) is 0 Å². The maximum absolute atomic E-state index is 5.46. The lowest BCUT2D eigenvalue weighted by Gasteiger charge is -2.06. The van der Waals surface area contributed by atoms with Crippen LogP contribution in [0.25, 0.3) is 0 Å². The van der Waals surface area contributed by atoms with E-state index in [4.69, 9.17) is 4.42 Å². The van der Waals surface area contributed by atoms with Crippen LogP contribution in [0.15, 0.2) is 38.1 Å². The summed E-state index contributed by atoms with van der Waals surface area (Å²) in [5, 5.41) is 3.27. The molecule has 0 amide bonds. The van der Waals surface area contributed by atoms with Crippen molar-refractivity contribution in [3.05, 3.63) is 45.0 Å². The fourth-order valence-corrected chi connectivity index (χ4v) is 1.97. The average molecular weight is 346 g/mol. The van der Waals surface area contributed by atoms with Crippen LogP contribution in [-0.2, 0) is 6.54 Å². The summed E-state index contributed by atoms with van der Waals surface area (Å²) in [4.78, 5) is 4.07. The molecule has 0 aliphatic heterocycles. The minimum absolute atomic E-state index is 0.636. The molecule has 0 aliphatic rings. The fourth-order valence-electron chi connectivity index (χ4n) is 1.31. The second-order valence-electron chi connectivity index (χ2n) is 3.38. The number of nitrogens with zero attached hydrogens (tertiary/aromatic N) is 1. The Bertz CT molecular complexity index is 477. The molecule has 0 fully saturated rings. The van der Waals surface area contributed by atoms with Crippen LogP contribution in [0, 0.1) is 6.92 Å². The number of rotatable bonds is 3. The van der Waals surface area contributed by atoms with Crippen molar-refractivity contribution in [2.75, 3.05) is 5.32 Å². The maximum atomic E-state index is 5.46. The van der Waals surface area contributed by atoms with Gasteiger partial charge in [0.25, 0.3) is 0 Å². The van der Waals surface area contributed by atoms with Gasteiger partial charge < -0.3 is 9.73 Å². The summed E-state index contributed by atoms with van der Waals surface area (Å²) < 4.78 is 7.10. The largest absolute Gasteiger partial charge is 0.451 e. The Hall–Kier alpha value is -0.810. The van der Waals surface area contributed by atoms with Crippen molar-refractivity contribution in [1.82, 2.24) is 4.98 Å². The predicted octanol–water partition coefficient (Wildman–Crippen LogP) is 4.12. The van der Waals surface area contributed by atoms with Gasteiger partial charge in [0.05, 0.1) is 22.9 Å². The second-order valence-corrected chi connectivity index (χ2v) is 4.95. The summed E-state index contributed by atoms with van der Waals surface area (Å²) in [6, 6.07) is 3.90. The maximum Gasteiger partial charge on any atom is 0.183 e. The molecule has 3 nitrogen and oxygen atoms in total. The third-order valence-corrected chi connectivity index (χ3v) is 3.90. The Labute approximate surface area is 111 Å². The van der Waals surface area contributed by atoms with Crippen molar-refractivity contribution in [1.29, 1.82) is 0 Å². The molecule has 2 aromatic heterocycles. The molecule has 5 heteroatoms. The van der Waals surface area contributed by atoms with E-state index in [1.165, 1.54) is 5.56 Å². The molecule has 0 radical (unpaired) electrons. The number of aromatic nitrogens is 1. The SMILES string of the molecule is Cc1ccncc1NCc1cc(Br)c(Br)o1. The van der Waals surface area contributed by atoms with Gasteiger partial charge in [-0.1, -0.05) is 0 Å². The Balaban J connectivity index is 2.05. The second kappa shape index (κ2) is 5.01. The van der Waals surface area contributed by atoms with Gasteiger partial charge >= 0.3 is 0 Å². The standard InChI is InChI=1S/C11H10Br2N2O/c1-7-2-3-14-6-10(7)15-5-8-4-9(12)11(13)16-8/h2-4,6,15H,5H2,1H3. The van der Waals surface area contributed by atoms with Crippen molar-refractivity contribution < 1.29 is 4.42 Å². The van der Waals surface area contributed by atoms with Crippen molar-refractivity contribution in [3.8, 4) is 0 Å². The zero-order valence-electron chi connectivity index (χ0n) is 8.63. The number of furan rings is 1. The zero-order chi connectivity index (χ0) is 11.5. The van der Waals surface area contributed by atoms with Gasteiger partial charge in [-0.15, -0.1) is 0 Å². The lowest BCUT2D eigenvalue weighted by atomic mass is 10.2. The summed E-state index contributed by atoms with van der Waals surface area (Å²) in [5.41, 5.74) is 2.19. The van der Waals surface area contributed by atoms with Crippen molar-refractivity contribution in [3.63, 3.8) is 0 Å². The molecule has 0 aromatic carbocycles. The van der Waals surface area contributed by atoms with Crippen LogP contribution in [0.5, 0.6) is 0 Å². The van der Waals surface area contributed by atoms with E-state index in [2.05, 4.69) is 42.2 Å². The van der Waals surface area contributed by atoms with E-state index in [-0.39, 0.29) is 0 Å². The number of hydrogen-bond acceptors (Lipinski definition) is 3. The number of nitrogens with one attached hydrogen (secondary N) is 1. The molecule has 0 saturated carbocycles. The highest BCUT2D eigenvalue weighted by molar-refractivity contribution is 9.13. The molecule has 2 rings (SSSR count). The first-order chi connectivity index (χ1) is 7.66. The van der Waals surface area contributed by atoms with Gasteiger partial charge in [-0.05, 0) is 56.5 Å². The number of aryl methyl sites for hydroxylation is 1. The van der Waals surface area contributed by atoms with Gasteiger partial charge in [-0.2, -0.15) is 0 Å². The van der Waals surface area contributed by atoms with Gasteiger partial charge in [0, 0.05) is 6.20 Å². The number of halogens is 2. The summed E-state index contributed by atoms with van der Waals surface area (Å²) in [5.74, 6) is 0.863. The normalized spacial score (nSPS) is 10.4. The molecule has 2 aromatic rings. The number of anilines is 1. The lowest BCUT2D eigenvalue weighted by Crippen LogP contribution is -2.00. The van der Waals surface area contributed by atoms with Gasteiger partial charge in [-0.25, -0.2) is 0 Å². The minimum atomic E-state index is 0.636. The van der Waals surface area contributed by atoms with Crippen molar-refractivity contribution in [2.24, 2.45) is 0 Å². The highest BCUT2D eigenvalue weighted by Crippen LogP contribution is 2.27. The Morgan fingerprint density at radius 2 is 2.25 bits per heavy atom. The quantitative estimate of drug-likeness (QED) is 0.909. The monoisotopic (exact) mass is 344 g/mol.